The molecule has 3 nitrogen and oxygen atoms in total. The number of hydrogen-bond donors (Lipinski definition) is 0. The van der Waals surface area contributed by atoms with E-state index in [9.17, 15) is 0 Å². The van der Waals surface area contributed by atoms with Gasteiger partial charge in [-0.2, -0.15) is 4.98 Å². The molecule has 0 aliphatic heterocycles. The lowest BCUT2D eigenvalue weighted by Gasteiger charge is -2.13. The standard InChI is InChI=1S/C13H16N2O/c1-13(2,3)9-11-14-12(15-16-11)10-7-5-4-6-8-10/h4-8H,9H2,1-3H3. The zero-order chi connectivity index (χ0) is 11.6. The Morgan fingerprint density at radius 3 is 2.44 bits per heavy atom. The Balaban J connectivity index is 2.21. The van der Waals surface area contributed by atoms with Gasteiger partial charge in [0.15, 0.2) is 0 Å². The smallest absolute Gasteiger partial charge is 0.227 e. The van der Waals surface area contributed by atoms with E-state index in [-0.39, 0.29) is 5.41 Å². The van der Waals surface area contributed by atoms with Gasteiger partial charge < -0.3 is 4.52 Å². The van der Waals surface area contributed by atoms with Crippen LogP contribution in [0.1, 0.15) is 26.7 Å². The number of hydrogen-bond acceptors (Lipinski definition) is 3. The van der Waals surface area contributed by atoms with Crippen LogP contribution in [0.25, 0.3) is 11.4 Å². The van der Waals surface area contributed by atoms with Gasteiger partial charge in [0.25, 0.3) is 0 Å². The molecule has 0 aliphatic rings. The zero-order valence-electron chi connectivity index (χ0n) is 9.90. The van der Waals surface area contributed by atoms with E-state index in [0.29, 0.717) is 11.7 Å². The molecule has 1 heterocycles. The molecule has 0 fully saturated rings. The molecule has 0 unspecified atom stereocenters. The molecule has 1 aromatic heterocycles. The third-order valence-electron chi connectivity index (χ3n) is 2.18. The normalized spacial score (nSPS) is 11.7. The molecule has 0 amide bonds. The number of rotatable bonds is 2. The minimum Gasteiger partial charge on any atom is -0.339 e. The van der Waals surface area contributed by atoms with Crippen molar-refractivity contribution in [2.45, 2.75) is 27.2 Å². The van der Waals surface area contributed by atoms with E-state index in [1.807, 2.05) is 30.3 Å². The van der Waals surface area contributed by atoms with Gasteiger partial charge in [-0.3, -0.25) is 0 Å². The van der Waals surface area contributed by atoms with Gasteiger partial charge in [-0.25, -0.2) is 0 Å². The first-order chi connectivity index (χ1) is 7.54. The van der Waals surface area contributed by atoms with Crippen molar-refractivity contribution in [2.24, 2.45) is 5.41 Å². The summed E-state index contributed by atoms with van der Waals surface area (Å²) in [6, 6.07) is 9.86. The predicted octanol–water partition coefficient (Wildman–Crippen LogP) is 3.33. The molecule has 0 bridgehead atoms. The summed E-state index contributed by atoms with van der Waals surface area (Å²) >= 11 is 0. The molecule has 0 spiro atoms. The lowest BCUT2D eigenvalue weighted by molar-refractivity contribution is 0.314. The van der Waals surface area contributed by atoms with Gasteiger partial charge in [-0.05, 0) is 5.41 Å². The Morgan fingerprint density at radius 1 is 1.12 bits per heavy atom. The molecule has 0 N–H and O–H groups in total. The Hall–Kier alpha value is -1.64. The fourth-order valence-electron chi connectivity index (χ4n) is 1.48. The lowest BCUT2D eigenvalue weighted by atomic mass is 9.92. The van der Waals surface area contributed by atoms with E-state index in [2.05, 4.69) is 30.9 Å². The number of benzene rings is 1. The first kappa shape index (κ1) is 10.9. The first-order valence-corrected chi connectivity index (χ1v) is 5.43. The van der Waals surface area contributed by atoms with Crippen LogP contribution in [0.2, 0.25) is 0 Å². The van der Waals surface area contributed by atoms with E-state index in [0.717, 1.165) is 12.0 Å². The maximum Gasteiger partial charge on any atom is 0.227 e. The van der Waals surface area contributed by atoms with Gasteiger partial charge >= 0.3 is 0 Å². The third-order valence-corrected chi connectivity index (χ3v) is 2.18. The second-order valence-electron chi connectivity index (χ2n) is 5.12. The second-order valence-corrected chi connectivity index (χ2v) is 5.12. The molecule has 0 saturated carbocycles. The molecular formula is C13H16N2O. The van der Waals surface area contributed by atoms with Crippen LogP contribution in [0.4, 0.5) is 0 Å². The highest BCUT2D eigenvalue weighted by Gasteiger charge is 2.16. The molecule has 3 heteroatoms. The Kier molecular flexibility index (Phi) is 2.77. The van der Waals surface area contributed by atoms with Crippen molar-refractivity contribution in [1.29, 1.82) is 0 Å². The summed E-state index contributed by atoms with van der Waals surface area (Å²) in [7, 11) is 0. The van der Waals surface area contributed by atoms with Crippen molar-refractivity contribution in [3.05, 3.63) is 36.2 Å². The molecule has 2 rings (SSSR count). The predicted molar refractivity (Wildman–Crippen MR) is 62.9 cm³/mol. The highest BCUT2D eigenvalue weighted by molar-refractivity contribution is 5.53. The molecular weight excluding hydrogens is 200 g/mol. The second kappa shape index (κ2) is 4.08. The van der Waals surface area contributed by atoms with Crippen molar-refractivity contribution in [1.82, 2.24) is 10.1 Å². The van der Waals surface area contributed by atoms with Crippen LogP contribution in [-0.2, 0) is 6.42 Å². The molecule has 0 saturated heterocycles. The van der Waals surface area contributed by atoms with Crippen molar-refractivity contribution in [3.63, 3.8) is 0 Å². The van der Waals surface area contributed by atoms with Gasteiger partial charge in [0.05, 0.1) is 0 Å². The summed E-state index contributed by atoms with van der Waals surface area (Å²) in [5, 5.41) is 3.98. The minimum absolute atomic E-state index is 0.167. The van der Waals surface area contributed by atoms with Gasteiger partial charge in [0.2, 0.25) is 11.7 Å². The van der Waals surface area contributed by atoms with Crippen molar-refractivity contribution in [3.8, 4) is 11.4 Å². The summed E-state index contributed by atoms with van der Waals surface area (Å²) < 4.78 is 5.23. The summed E-state index contributed by atoms with van der Waals surface area (Å²) in [5.41, 5.74) is 1.16. The van der Waals surface area contributed by atoms with Crippen LogP contribution in [-0.4, -0.2) is 10.1 Å². The van der Waals surface area contributed by atoms with Crippen molar-refractivity contribution in [2.75, 3.05) is 0 Å². The average molecular weight is 216 g/mol. The van der Waals surface area contributed by atoms with E-state index in [1.165, 1.54) is 0 Å². The van der Waals surface area contributed by atoms with Crippen molar-refractivity contribution >= 4 is 0 Å². The summed E-state index contributed by atoms with van der Waals surface area (Å²) in [4.78, 5) is 4.39. The van der Waals surface area contributed by atoms with Crippen LogP contribution in [0.3, 0.4) is 0 Å². The third kappa shape index (κ3) is 2.69. The average Bonchev–Trinajstić information content (AvgIpc) is 2.65. The summed E-state index contributed by atoms with van der Waals surface area (Å²) in [5.74, 6) is 1.37. The van der Waals surface area contributed by atoms with E-state index in [1.54, 1.807) is 0 Å². The lowest BCUT2D eigenvalue weighted by Crippen LogP contribution is -2.09. The number of aromatic nitrogens is 2. The fourth-order valence-corrected chi connectivity index (χ4v) is 1.48. The van der Waals surface area contributed by atoms with Crippen molar-refractivity contribution < 1.29 is 4.52 Å². The van der Waals surface area contributed by atoms with Crippen LogP contribution >= 0.6 is 0 Å². The van der Waals surface area contributed by atoms with Gasteiger partial charge in [0.1, 0.15) is 0 Å². The maximum absolute atomic E-state index is 5.23. The summed E-state index contributed by atoms with van der Waals surface area (Å²) in [6.45, 7) is 6.46. The summed E-state index contributed by atoms with van der Waals surface area (Å²) in [6.07, 6.45) is 0.798. The molecule has 2 aromatic rings. The highest BCUT2D eigenvalue weighted by Crippen LogP contribution is 2.21. The first-order valence-electron chi connectivity index (χ1n) is 5.43. The monoisotopic (exact) mass is 216 g/mol. The highest BCUT2D eigenvalue weighted by atomic mass is 16.5. The molecule has 0 radical (unpaired) electrons. The fraction of sp³-hybridized carbons (Fsp3) is 0.385. The van der Waals surface area contributed by atoms with Gasteiger partial charge in [-0.1, -0.05) is 56.3 Å². The number of nitrogens with zero attached hydrogens (tertiary/aromatic N) is 2. The van der Waals surface area contributed by atoms with Crippen LogP contribution in [0.5, 0.6) is 0 Å². The maximum atomic E-state index is 5.23. The Labute approximate surface area is 95.5 Å². The van der Waals surface area contributed by atoms with Crippen LogP contribution < -0.4 is 0 Å². The Morgan fingerprint density at radius 2 is 1.81 bits per heavy atom. The largest absolute Gasteiger partial charge is 0.339 e. The molecule has 0 atom stereocenters. The molecule has 1 aromatic carbocycles. The quantitative estimate of drug-likeness (QED) is 0.773. The molecule has 16 heavy (non-hydrogen) atoms. The molecule has 0 aliphatic carbocycles. The Bertz CT molecular complexity index is 454. The molecule has 84 valence electrons. The van der Waals surface area contributed by atoms with Crippen LogP contribution in [0, 0.1) is 5.41 Å². The van der Waals surface area contributed by atoms with E-state index >= 15 is 0 Å². The van der Waals surface area contributed by atoms with E-state index in [4.69, 9.17) is 4.52 Å². The zero-order valence-corrected chi connectivity index (χ0v) is 9.90. The topological polar surface area (TPSA) is 38.9 Å². The van der Waals surface area contributed by atoms with Gasteiger partial charge in [-0.15, -0.1) is 0 Å². The van der Waals surface area contributed by atoms with Crippen LogP contribution in [0.15, 0.2) is 34.9 Å². The van der Waals surface area contributed by atoms with E-state index < -0.39 is 0 Å². The van der Waals surface area contributed by atoms with Gasteiger partial charge in [0, 0.05) is 12.0 Å². The minimum atomic E-state index is 0.167. The SMILES string of the molecule is CC(C)(C)Cc1nc(-c2ccccc2)no1.